The molecule has 3 nitrogen and oxygen atoms in total. The van der Waals surface area contributed by atoms with Gasteiger partial charge in [0.2, 0.25) is 5.82 Å². The summed E-state index contributed by atoms with van der Waals surface area (Å²) in [5.41, 5.74) is -0.389. The quantitative estimate of drug-likeness (QED) is 0.0675. The number of rotatable bonds is 16. The summed E-state index contributed by atoms with van der Waals surface area (Å²) in [6.07, 6.45) is 6.32. The first kappa shape index (κ1) is 33.2. The molecule has 0 saturated heterocycles. The van der Waals surface area contributed by atoms with Crippen LogP contribution in [0.4, 0.5) is 22.0 Å². The lowest BCUT2D eigenvalue weighted by atomic mass is 9.88. The Morgan fingerprint density at radius 2 is 1.00 bits per heavy atom. The molecule has 0 aliphatic carbocycles. The Kier molecular flexibility index (Phi) is 12.8. The van der Waals surface area contributed by atoms with Crippen molar-refractivity contribution < 1.29 is 36.2 Å². The van der Waals surface area contributed by atoms with Crippen molar-refractivity contribution in [2.24, 2.45) is 0 Å². The first-order valence-electron chi connectivity index (χ1n) is 14.0. The number of ether oxygens (including phenoxy) is 3. The molecule has 0 bridgehead atoms. The second-order valence-corrected chi connectivity index (χ2v) is 10.8. The predicted octanol–water partition coefficient (Wildman–Crippen LogP) is 9.81. The van der Waals surface area contributed by atoms with Gasteiger partial charge in [-0.05, 0) is 59.1 Å². The van der Waals surface area contributed by atoms with Crippen LogP contribution in [0.15, 0.2) is 24.3 Å². The van der Waals surface area contributed by atoms with Crippen molar-refractivity contribution in [3.63, 3.8) is 0 Å². The van der Waals surface area contributed by atoms with Gasteiger partial charge >= 0.3 is 0 Å². The maximum atomic E-state index is 14.5. The highest BCUT2D eigenvalue weighted by Gasteiger charge is 2.46. The van der Waals surface area contributed by atoms with Crippen molar-refractivity contribution in [2.45, 2.75) is 124 Å². The Balaban J connectivity index is 2.56. The number of benzene rings is 2. The molecule has 39 heavy (non-hydrogen) atoms. The summed E-state index contributed by atoms with van der Waals surface area (Å²) in [6.45, 7) is 13.5. The third-order valence-corrected chi connectivity index (χ3v) is 6.28. The molecular formula is C31H43F5O3. The van der Waals surface area contributed by atoms with E-state index < -0.39 is 46.5 Å². The van der Waals surface area contributed by atoms with Crippen LogP contribution in [-0.4, -0.2) is 24.3 Å². The molecule has 0 aliphatic heterocycles. The summed E-state index contributed by atoms with van der Waals surface area (Å²) >= 11 is 0. The van der Waals surface area contributed by atoms with Crippen molar-refractivity contribution >= 4 is 0 Å². The van der Waals surface area contributed by atoms with E-state index in [1.54, 1.807) is 12.1 Å². The maximum absolute atomic E-state index is 14.5. The van der Waals surface area contributed by atoms with Crippen LogP contribution in [0, 0.1) is 29.1 Å². The normalized spacial score (nSPS) is 13.2. The van der Waals surface area contributed by atoms with Crippen LogP contribution in [0.5, 0.6) is 0 Å². The number of hydrogen-bond acceptors (Lipinski definition) is 3. The summed E-state index contributed by atoms with van der Waals surface area (Å²) in [5.74, 6) is -11.8. The maximum Gasteiger partial charge on any atom is 0.290 e. The van der Waals surface area contributed by atoms with E-state index in [0.29, 0.717) is 12.0 Å². The summed E-state index contributed by atoms with van der Waals surface area (Å²) in [5, 5.41) is 0. The van der Waals surface area contributed by atoms with Crippen LogP contribution in [0.25, 0.3) is 11.1 Å². The molecule has 2 aromatic rings. The smallest absolute Gasteiger partial charge is 0.290 e. The standard InChI is InChI=1S/C31H43F5O3/c1-8-9-10-11-12-13-14-24(31(37-19(2)3,38-20(4)5)39-21(6)7)22-15-17-23(18-16-22)25-26(32)28(34)30(36)29(35)27(25)33/h15-21,24H,8-14H2,1-7H3. The number of unbranched alkanes of at least 4 members (excludes halogenated alkanes) is 5. The highest BCUT2D eigenvalue weighted by Crippen LogP contribution is 2.42. The van der Waals surface area contributed by atoms with Crippen LogP contribution in [-0.2, 0) is 14.2 Å². The second kappa shape index (κ2) is 15.1. The summed E-state index contributed by atoms with van der Waals surface area (Å²) in [4.78, 5) is 0. The molecule has 0 N–H and O–H groups in total. The van der Waals surface area contributed by atoms with E-state index in [9.17, 15) is 22.0 Å². The van der Waals surface area contributed by atoms with E-state index in [1.165, 1.54) is 18.6 Å². The first-order valence-corrected chi connectivity index (χ1v) is 14.0. The first-order chi connectivity index (χ1) is 18.3. The molecule has 220 valence electrons. The van der Waals surface area contributed by atoms with Gasteiger partial charge in [0.05, 0.1) is 29.8 Å². The molecule has 0 radical (unpaired) electrons. The van der Waals surface area contributed by atoms with Crippen molar-refractivity contribution in [3.05, 3.63) is 58.9 Å². The molecule has 2 rings (SSSR count). The van der Waals surface area contributed by atoms with Gasteiger partial charge in [-0.1, -0.05) is 69.7 Å². The minimum Gasteiger partial charge on any atom is -0.324 e. The number of halogens is 5. The molecule has 1 atom stereocenters. The van der Waals surface area contributed by atoms with Gasteiger partial charge < -0.3 is 14.2 Å². The van der Waals surface area contributed by atoms with Gasteiger partial charge in [-0.15, -0.1) is 0 Å². The number of hydrogen-bond donors (Lipinski definition) is 0. The molecule has 1 unspecified atom stereocenters. The van der Waals surface area contributed by atoms with E-state index in [-0.39, 0.29) is 23.9 Å². The van der Waals surface area contributed by atoms with Gasteiger partial charge in [-0.3, -0.25) is 0 Å². The van der Waals surface area contributed by atoms with Crippen molar-refractivity contribution in [2.75, 3.05) is 0 Å². The molecule has 8 heteroatoms. The molecule has 0 aliphatic rings. The van der Waals surface area contributed by atoms with Crippen molar-refractivity contribution in [1.82, 2.24) is 0 Å². The molecule has 2 aromatic carbocycles. The summed E-state index contributed by atoms with van der Waals surface area (Å²) in [6, 6.07) is 5.93. The summed E-state index contributed by atoms with van der Waals surface area (Å²) in [7, 11) is 0. The third kappa shape index (κ3) is 8.73. The van der Waals surface area contributed by atoms with Gasteiger partial charge in [0, 0.05) is 0 Å². The van der Waals surface area contributed by atoms with Gasteiger partial charge in [-0.25, -0.2) is 22.0 Å². The minimum absolute atomic E-state index is 0.130. The van der Waals surface area contributed by atoms with E-state index in [4.69, 9.17) is 14.2 Å². The summed E-state index contributed by atoms with van der Waals surface area (Å²) < 4.78 is 89.3. The Morgan fingerprint density at radius 1 is 0.590 bits per heavy atom. The molecule has 0 aromatic heterocycles. The molecular weight excluding hydrogens is 515 g/mol. The zero-order chi connectivity index (χ0) is 29.3. The zero-order valence-electron chi connectivity index (χ0n) is 24.2. The minimum atomic E-state index is -2.18. The van der Waals surface area contributed by atoms with Gasteiger partial charge in [0.25, 0.3) is 5.97 Å². The third-order valence-electron chi connectivity index (χ3n) is 6.28. The van der Waals surface area contributed by atoms with Crippen LogP contribution < -0.4 is 0 Å². The fourth-order valence-corrected chi connectivity index (χ4v) is 4.73. The molecule has 0 heterocycles. The van der Waals surface area contributed by atoms with Crippen LogP contribution in [0.1, 0.15) is 105 Å². The van der Waals surface area contributed by atoms with Crippen LogP contribution in [0.2, 0.25) is 0 Å². The topological polar surface area (TPSA) is 27.7 Å². The van der Waals surface area contributed by atoms with E-state index in [1.807, 2.05) is 41.5 Å². The Labute approximate surface area is 230 Å². The SMILES string of the molecule is CCCCCCCCC(c1ccc(-c2c(F)c(F)c(F)c(F)c2F)cc1)C(OC(C)C)(OC(C)C)OC(C)C. The lowest BCUT2D eigenvalue weighted by Crippen LogP contribution is -2.49. The molecule has 0 spiro atoms. The second-order valence-electron chi connectivity index (χ2n) is 10.8. The van der Waals surface area contributed by atoms with Gasteiger partial charge in [0.1, 0.15) is 0 Å². The van der Waals surface area contributed by atoms with Crippen LogP contribution in [0.3, 0.4) is 0 Å². The van der Waals surface area contributed by atoms with Gasteiger partial charge in [0.15, 0.2) is 23.3 Å². The fraction of sp³-hybridized carbons (Fsp3) is 0.613. The van der Waals surface area contributed by atoms with E-state index >= 15 is 0 Å². The monoisotopic (exact) mass is 558 g/mol. The zero-order valence-corrected chi connectivity index (χ0v) is 24.2. The van der Waals surface area contributed by atoms with Crippen LogP contribution >= 0.6 is 0 Å². The Bertz CT molecular complexity index is 982. The Hall–Kier alpha value is -2.03. The Morgan fingerprint density at radius 3 is 1.44 bits per heavy atom. The average molecular weight is 559 g/mol. The molecule has 0 fully saturated rings. The predicted molar refractivity (Wildman–Crippen MR) is 144 cm³/mol. The van der Waals surface area contributed by atoms with Crippen molar-refractivity contribution in [1.29, 1.82) is 0 Å². The van der Waals surface area contributed by atoms with Gasteiger partial charge in [-0.2, -0.15) is 0 Å². The highest BCUT2D eigenvalue weighted by atomic mass is 19.2. The van der Waals surface area contributed by atoms with E-state index in [2.05, 4.69) is 6.92 Å². The lowest BCUT2D eigenvalue weighted by molar-refractivity contribution is -0.420. The molecule has 0 saturated carbocycles. The molecule has 0 amide bonds. The fourth-order valence-electron chi connectivity index (χ4n) is 4.73. The average Bonchev–Trinajstić information content (AvgIpc) is 2.85. The lowest BCUT2D eigenvalue weighted by Gasteiger charge is -2.43. The largest absolute Gasteiger partial charge is 0.324 e. The van der Waals surface area contributed by atoms with Crippen molar-refractivity contribution in [3.8, 4) is 11.1 Å². The highest BCUT2D eigenvalue weighted by molar-refractivity contribution is 5.65. The van der Waals surface area contributed by atoms with E-state index in [0.717, 1.165) is 32.1 Å².